The molecule has 0 aliphatic carbocycles. The van der Waals surface area contributed by atoms with Gasteiger partial charge in [-0.15, -0.1) is 0 Å². The number of alkyl halides is 1. The standard InChI is InChI=1S/C11H10FNO3/c1-13-8-5-3-2-4-7(8)11(12,10(13)16)6-9(14)15/h2-5H,6H2,1H3,(H,14,15). The molecule has 84 valence electrons. The van der Waals surface area contributed by atoms with E-state index in [1.165, 1.54) is 13.1 Å². The van der Waals surface area contributed by atoms with Gasteiger partial charge in [0.15, 0.2) is 0 Å². The lowest BCUT2D eigenvalue weighted by Crippen LogP contribution is -2.36. The number of carboxylic acid groups (broad SMARTS) is 1. The minimum atomic E-state index is -2.43. The minimum Gasteiger partial charge on any atom is -0.481 e. The summed E-state index contributed by atoms with van der Waals surface area (Å²) in [6.45, 7) is 0. The summed E-state index contributed by atoms with van der Waals surface area (Å²) in [6, 6.07) is 6.30. The van der Waals surface area contributed by atoms with E-state index >= 15 is 0 Å². The van der Waals surface area contributed by atoms with Crippen LogP contribution in [0.25, 0.3) is 0 Å². The predicted molar refractivity (Wildman–Crippen MR) is 54.9 cm³/mol. The molecule has 0 spiro atoms. The van der Waals surface area contributed by atoms with E-state index < -0.39 is 24.0 Å². The molecule has 0 fully saturated rings. The third kappa shape index (κ3) is 1.28. The normalized spacial score (nSPS) is 23.4. The van der Waals surface area contributed by atoms with Crippen molar-refractivity contribution in [1.29, 1.82) is 0 Å². The number of hydrogen-bond acceptors (Lipinski definition) is 2. The molecular formula is C11H10FNO3. The van der Waals surface area contributed by atoms with Crippen molar-refractivity contribution in [2.24, 2.45) is 0 Å². The first kappa shape index (κ1) is 10.6. The van der Waals surface area contributed by atoms with Gasteiger partial charge in [-0.25, -0.2) is 4.39 Å². The molecule has 1 amide bonds. The van der Waals surface area contributed by atoms with Crippen LogP contribution in [0.5, 0.6) is 0 Å². The molecule has 1 atom stereocenters. The first-order chi connectivity index (χ1) is 7.47. The van der Waals surface area contributed by atoms with Crippen LogP contribution >= 0.6 is 0 Å². The maximum atomic E-state index is 14.4. The molecule has 0 saturated heterocycles. The zero-order chi connectivity index (χ0) is 11.9. The highest BCUT2D eigenvalue weighted by atomic mass is 19.1. The van der Waals surface area contributed by atoms with Crippen molar-refractivity contribution in [2.75, 3.05) is 11.9 Å². The summed E-state index contributed by atoms with van der Waals surface area (Å²) in [5, 5.41) is 8.66. The van der Waals surface area contributed by atoms with E-state index in [2.05, 4.69) is 0 Å². The van der Waals surface area contributed by atoms with Crippen molar-refractivity contribution in [1.82, 2.24) is 0 Å². The molecular weight excluding hydrogens is 213 g/mol. The Labute approximate surface area is 91.3 Å². The number of carbonyl (C=O) groups excluding carboxylic acids is 1. The van der Waals surface area contributed by atoms with Gasteiger partial charge in [-0.05, 0) is 6.07 Å². The highest BCUT2D eigenvalue weighted by Gasteiger charge is 2.51. The molecule has 1 unspecified atom stereocenters. The zero-order valence-corrected chi connectivity index (χ0v) is 8.61. The van der Waals surface area contributed by atoms with Gasteiger partial charge in [-0.1, -0.05) is 18.2 Å². The Balaban J connectivity index is 2.56. The number of anilines is 1. The average molecular weight is 223 g/mol. The highest BCUT2D eigenvalue weighted by Crippen LogP contribution is 2.44. The number of rotatable bonds is 2. The number of amides is 1. The second-order valence-electron chi connectivity index (χ2n) is 3.75. The van der Waals surface area contributed by atoms with Crippen LogP contribution in [-0.2, 0) is 15.3 Å². The van der Waals surface area contributed by atoms with Crippen LogP contribution in [0.15, 0.2) is 24.3 Å². The van der Waals surface area contributed by atoms with Crippen molar-refractivity contribution in [3.8, 4) is 0 Å². The van der Waals surface area contributed by atoms with E-state index in [1.807, 2.05) is 0 Å². The third-order valence-corrected chi connectivity index (χ3v) is 2.73. The summed E-state index contributed by atoms with van der Waals surface area (Å²) in [5.41, 5.74) is -1.88. The van der Waals surface area contributed by atoms with Crippen LogP contribution in [0, 0.1) is 0 Å². The molecule has 0 radical (unpaired) electrons. The molecule has 1 aliphatic rings. The lowest BCUT2D eigenvalue weighted by Gasteiger charge is -2.16. The fourth-order valence-electron chi connectivity index (χ4n) is 1.97. The molecule has 4 nitrogen and oxygen atoms in total. The Bertz CT molecular complexity index is 474. The molecule has 0 aromatic heterocycles. The first-order valence-electron chi connectivity index (χ1n) is 4.75. The van der Waals surface area contributed by atoms with Crippen molar-refractivity contribution in [3.63, 3.8) is 0 Å². The van der Waals surface area contributed by atoms with Gasteiger partial charge >= 0.3 is 5.97 Å². The fraction of sp³-hybridized carbons (Fsp3) is 0.273. The summed E-state index contributed by atoms with van der Waals surface area (Å²) in [6.07, 6.45) is -0.840. The number of nitrogens with zero attached hydrogens (tertiary/aromatic N) is 1. The Morgan fingerprint density at radius 3 is 2.75 bits per heavy atom. The van der Waals surface area contributed by atoms with E-state index in [4.69, 9.17) is 5.11 Å². The van der Waals surface area contributed by atoms with E-state index in [0.29, 0.717) is 5.69 Å². The first-order valence-corrected chi connectivity index (χ1v) is 4.75. The van der Waals surface area contributed by atoms with Crippen LogP contribution in [0.2, 0.25) is 0 Å². The third-order valence-electron chi connectivity index (χ3n) is 2.73. The van der Waals surface area contributed by atoms with Crippen LogP contribution in [0.4, 0.5) is 10.1 Å². The largest absolute Gasteiger partial charge is 0.481 e. The predicted octanol–water partition coefficient (Wildman–Crippen LogP) is 1.30. The number of benzene rings is 1. The number of likely N-dealkylation sites (N-methyl/N-ethyl adjacent to an activating group) is 1. The average Bonchev–Trinajstić information content (AvgIpc) is 2.42. The number of aliphatic carboxylic acids is 1. The van der Waals surface area contributed by atoms with Gasteiger partial charge in [-0.3, -0.25) is 9.59 Å². The monoisotopic (exact) mass is 223 g/mol. The second kappa shape index (κ2) is 3.30. The van der Waals surface area contributed by atoms with Crippen LogP contribution in [0.1, 0.15) is 12.0 Å². The quantitative estimate of drug-likeness (QED) is 0.822. The van der Waals surface area contributed by atoms with E-state index in [-0.39, 0.29) is 5.56 Å². The smallest absolute Gasteiger partial charge is 0.307 e. The molecule has 1 aliphatic heterocycles. The lowest BCUT2D eigenvalue weighted by molar-refractivity contribution is -0.145. The van der Waals surface area contributed by atoms with Crippen LogP contribution < -0.4 is 4.90 Å². The molecule has 1 aromatic carbocycles. The van der Waals surface area contributed by atoms with Gasteiger partial charge in [0.1, 0.15) is 0 Å². The van der Waals surface area contributed by atoms with Crippen LogP contribution in [-0.4, -0.2) is 24.0 Å². The molecule has 5 heteroatoms. The summed E-state index contributed by atoms with van der Waals surface area (Å²) in [4.78, 5) is 23.5. The van der Waals surface area contributed by atoms with Crippen LogP contribution in [0.3, 0.4) is 0 Å². The maximum absolute atomic E-state index is 14.4. The zero-order valence-electron chi connectivity index (χ0n) is 8.61. The summed E-state index contributed by atoms with van der Waals surface area (Å²) in [5.74, 6) is -2.16. The van der Waals surface area contributed by atoms with Gasteiger partial charge in [-0.2, -0.15) is 0 Å². The number of carboxylic acids is 1. The number of fused-ring (bicyclic) bond motifs is 1. The minimum absolute atomic E-state index is 0.130. The van der Waals surface area contributed by atoms with Crippen molar-refractivity contribution < 1.29 is 19.1 Å². The highest BCUT2D eigenvalue weighted by molar-refractivity contribution is 6.08. The Kier molecular flexibility index (Phi) is 2.18. The van der Waals surface area contributed by atoms with Crippen molar-refractivity contribution in [3.05, 3.63) is 29.8 Å². The Morgan fingerprint density at radius 1 is 1.50 bits per heavy atom. The number of carbonyl (C=O) groups is 2. The summed E-state index contributed by atoms with van der Waals surface area (Å²) < 4.78 is 14.4. The van der Waals surface area contributed by atoms with Gasteiger partial charge in [0.25, 0.3) is 5.91 Å². The molecule has 1 N–H and O–H groups in total. The molecule has 0 bridgehead atoms. The van der Waals surface area contributed by atoms with Gasteiger partial charge < -0.3 is 10.0 Å². The maximum Gasteiger partial charge on any atom is 0.307 e. The lowest BCUT2D eigenvalue weighted by atomic mass is 9.94. The number of para-hydroxylation sites is 1. The van der Waals surface area contributed by atoms with E-state index in [9.17, 15) is 14.0 Å². The van der Waals surface area contributed by atoms with Crippen molar-refractivity contribution >= 4 is 17.6 Å². The Hall–Kier alpha value is -1.91. The molecule has 0 saturated carbocycles. The summed E-state index contributed by atoms with van der Waals surface area (Å²) in [7, 11) is 1.43. The molecule has 2 rings (SSSR count). The molecule has 1 aromatic rings. The topological polar surface area (TPSA) is 57.6 Å². The number of hydrogen-bond donors (Lipinski definition) is 1. The van der Waals surface area contributed by atoms with Gasteiger partial charge in [0.05, 0.1) is 12.1 Å². The van der Waals surface area contributed by atoms with Gasteiger partial charge in [0.2, 0.25) is 5.67 Å². The summed E-state index contributed by atoms with van der Waals surface area (Å²) >= 11 is 0. The molecule has 16 heavy (non-hydrogen) atoms. The van der Waals surface area contributed by atoms with E-state index in [0.717, 1.165) is 4.90 Å². The molecule has 1 heterocycles. The number of halogens is 1. The van der Waals surface area contributed by atoms with Gasteiger partial charge in [0, 0.05) is 12.6 Å². The van der Waals surface area contributed by atoms with Crippen molar-refractivity contribution in [2.45, 2.75) is 12.1 Å². The Morgan fingerprint density at radius 2 is 2.12 bits per heavy atom. The SMILES string of the molecule is CN1C(=O)C(F)(CC(=O)O)c2ccccc21. The fourth-order valence-corrected chi connectivity index (χ4v) is 1.97. The van der Waals surface area contributed by atoms with E-state index in [1.54, 1.807) is 18.2 Å². The second-order valence-corrected chi connectivity index (χ2v) is 3.75.